The summed E-state index contributed by atoms with van der Waals surface area (Å²) in [6.45, 7) is 3.67. The van der Waals surface area contributed by atoms with Gasteiger partial charge in [-0.05, 0) is 19.4 Å². The number of hydrogen-bond donors (Lipinski definition) is 0. The standard InChI is InChI=1S/C14H16N2O3S/c1-4-11-6-15-13(20-11)8-19-14(18)12-5-10(9(2)17)7-16(12)3/h5-7H,4,8H2,1-3H3. The van der Waals surface area contributed by atoms with Crippen molar-refractivity contribution in [2.24, 2.45) is 7.05 Å². The zero-order valence-electron chi connectivity index (χ0n) is 11.7. The number of Topliss-reactive ketones (excluding diaryl/α,β-unsaturated/α-hetero) is 1. The van der Waals surface area contributed by atoms with Gasteiger partial charge in [0, 0.05) is 29.9 Å². The zero-order chi connectivity index (χ0) is 14.7. The van der Waals surface area contributed by atoms with E-state index < -0.39 is 5.97 Å². The number of aromatic nitrogens is 2. The molecule has 2 rings (SSSR count). The second-order valence-electron chi connectivity index (χ2n) is 4.43. The van der Waals surface area contributed by atoms with Gasteiger partial charge in [-0.1, -0.05) is 6.92 Å². The van der Waals surface area contributed by atoms with Gasteiger partial charge in [0.15, 0.2) is 5.78 Å². The average Bonchev–Trinajstić information content (AvgIpc) is 3.02. The van der Waals surface area contributed by atoms with Crippen molar-refractivity contribution < 1.29 is 14.3 Å². The summed E-state index contributed by atoms with van der Waals surface area (Å²) >= 11 is 1.54. The molecule has 0 aliphatic rings. The van der Waals surface area contributed by atoms with Crippen molar-refractivity contribution in [3.8, 4) is 0 Å². The molecule has 0 saturated heterocycles. The van der Waals surface area contributed by atoms with E-state index in [-0.39, 0.29) is 12.4 Å². The monoisotopic (exact) mass is 292 g/mol. The Balaban J connectivity index is 2.03. The molecule has 2 aromatic heterocycles. The Hall–Kier alpha value is -1.95. The van der Waals surface area contributed by atoms with Crippen LogP contribution in [0.1, 0.15) is 44.6 Å². The first kappa shape index (κ1) is 14.5. The van der Waals surface area contributed by atoms with Crippen molar-refractivity contribution in [2.45, 2.75) is 26.9 Å². The van der Waals surface area contributed by atoms with Crippen LogP contribution in [0, 0.1) is 0 Å². The fourth-order valence-corrected chi connectivity index (χ4v) is 2.52. The molecule has 20 heavy (non-hydrogen) atoms. The molecule has 0 spiro atoms. The summed E-state index contributed by atoms with van der Waals surface area (Å²) in [5, 5.41) is 0.774. The summed E-state index contributed by atoms with van der Waals surface area (Å²) in [7, 11) is 1.71. The topological polar surface area (TPSA) is 61.2 Å². The van der Waals surface area contributed by atoms with Crippen LogP contribution >= 0.6 is 11.3 Å². The average molecular weight is 292 g/mol. The van der Waals surface area contributed by atoms with Crippen molar-refractivity contribution in [1.82, 2.24) is 9.55 Å². The van der Waals surface area contributed by atoms with E-state index >= 15 is 0 Å². The van der Waals surface area contributed by atoms with Gasteiger partial charge in [0.1, 0.15) is 17.3 Å². The number of carbonyl (C=O) groups excluding carboxylic acids is 2. The number of aryl methyl sites for hydroxylation is 2. The van der Waals surface area contributed by atoms with Gasteiger partial charge in [-0.25, -0.2) is 9.78 Å². The third kappa shape index (κ3) is 3.14. The molecule has 0 atom stereocenters. The van der Waals surface area contributed by atoms with Crippen molar-refractivity contribution in [3.05, 3.63) is 39.6 Å². The summed E-state index contributed by atoms with van der Waals surface area (Å²) in [5.74, 6) is -0.527. The minimum atomic E-state index is -0.451. The van der Waals surface area contributed by atoms with Gasteiger partial charge in [-0.15, -0.1) is 11.3 Å². The van der Waals surface area contributed by atoms with Crippen LogP contribution in [0.4, 0.5) is 0 Å². The third-order valence-electron chi connectivity index (χ3n) is 2.90. The molecule has 0 bridgehead atoms. The summed E-state index contributed by atoms with van der Waals surface area (Å²) < 4.78 is 6.82. The van der Waals surface area contributed by atoms with E-state index in [0.717, 1.165) is 16.3 Å². The number of hydrogen-bond acceptors (Lipinski definition) is 5. The van der Waals surface area contributed by atoms with Gasteiger partial charge in [0.25, 0.3) is 0 Å². The summed E-state index contributed by atoms with van der Waals surface area (Å²) in [6.07, 6.45) is 4.34. The quantitative estimate of drug-likeness (QED) is 0.628. The highest BCUT2D eigenvalue weighted by molar-refractivity contribution is 7.11. The number of nitrogens with zero attached hydrogens (tertiary/aromatic N) is 2. The van der Waals surface area contributed by atoms with Crippen LogP contribution in [0.15, 0.2) is 18.5 Å². The van der Waals surface area contributed by atoms with Gasteiger partial charge in [-0.2, -0.15) is 0 Å². The Kier molecular flexibility index (Phi) is 4.34. The maximum Gasteiger partial charge on any atom is 0.355 e. The summed E-state index contributed by atoms with van der Waals surface area (Å²) in [5.41, 5.74) is 0.865. The van der Waals surface area contributed by atoms with Gasteiger partial charge in [0.05, 0.1) is 0 Å². The number of thiazole rings is 1. The summed E-state index contributed by atoms with van der Waals surface area (Å²) in [4.78, 5) is 28.6. The predicted octanol–water partition coefficient (Wildman–Crippen LogP) is 2.60. The molecule has 2 aromatic rings. The van der Waals surface area contributed by atoms with Gasteiger partial charge in [-0.3, -0.25) is 4.79 Å². The molecule has 5 nitrogen and oxygen atoms in total. The molecule has 2 heterocycles. The number of esters is 1. The fraction of sp³-hybridized carbons (Fsp3) is 0.357. The van der Waals surface area contributed by atoms with Crippen LogP contribution in [0.5, 0.6) is 0 Å². The summed E-state index contributed by atoms with van der Waals surface area (Å²) in [6, 6.07) is 1.55. The van der Waals surface area contributed by atoms with E-state index in [4.69, 9.17) is 4.74 Å². The van der Waals surface area contributed by atoms with Crippen molar-refractivity contribution in [2.75, 3.05) is 0 Å². The number of ketones is 1. The molecule has 0 fully saturated rings. The highest BCUT2D eigenvalue weighted by Gasteiger charge is 2.15. The number of carbonyl (C=O) groups is 2. The normalized spacial score (nSPS) is 10.6. The van der Waals surface area contributed by atoms with E-state index in [1.807, 2.05) is 0 Å². The van der Waals surface area contributed by atoms with E-state index in [2.05, 4.69) is 11.9 Å². The molecule has 6 heteroatoms. The van der Waals surface area contributed by atoms with E-state index in [1.54, 1.807) is 30.1 Å². The molecule has 0 N–H and O–H groups in total. The van der Waals surface area contributed by atoms with E-state index in [9.17, 15) is 9.59 Å². The first-order valence-corrected chi connectivity index (χ1v) is 7.11. The largest absolute Gasteiger partial charge is 0.454 e. The molecule has 0 radical (unpaired) electrons. The zero-order valence-corrected chi connectivity index (χ0v) is 12.5. The van der Waals surface area contributed by atoms with E-state index in [0.29, 0.717) is 11.3 Å². The first-order valence-electron chi connectivity index (χ1n) is 6.29. The van der Waals surface area contributed by atoms with Gasteiger partial charge < -0.3 is 9.30 Å². The molecule has 106 valence electrons. The van der Waals surface area contributed by atoms with Crippen molar-refractivity contribution >= 4 is 23.1 Å². The van der Waals surface area contributed by atoms with Crippen LogP contribution in [0.2, 0.25) is 0 Å². The molecule has 0 amide bonds. The Morgan fingerprint density at radius 1 is 1.45 bits per heavy atom. The van der Waals surface area contributed by atoms with Crippen LogP contribution in [0.25, 0.3) is 0 Å². The molecule has 0 saturated carbocycles. The number of ether oxygens (including phenoxy) is 1. The molecular formula is C14H16N2O3S. The number of rotatable bonds is 5. The third-order valence-corrected chi connectivity index (χ3v) is 4.01. The predicted molar refractivity (Wildman–Crippen MR) is 76.0 cm³/mol. The Morgan fingerprint density at radius 2 is 2.20 bits per heavy atom. The Morgan fingerprint density at radius 3 is 2.75 bits per heavy atom. The van der Waals surface area contributed by atoms with Crippen LogP contribution in [-0.2, 0) is 24.8 Å². The van der Waals surface area contributed by atoms with Gasteiger partial charge >= 0.3 is 5.97 Å². The van der Waals surface area contributed by atoms with Gasteiger partial charge in [0.2, 0.25) is 0 Å². The molecular weight excluding hydrogens is 276 g/mol. The maximum absolute atomic E-state index is 12.0. The SMILES string of the molecule is CCc1cnc(COC(=O)c2cc(C(C)=O)cn2C)s1. The van der Waals surface area contributed by atoms with E-state index in [1.165, 1.54) is 18.3 Å². The molecule has 0 aliphatic heterocycles. The van der Waals surface area contributed by atoms with Crippen molar-refractivity contribution in [3.63, 3.8) is 0 Å². The first-order chi connectivity index (χ1) is 9.51. The fourth-order valence-electron chi connectivity index (χ4n) is 1.74. The maximum atomic E-state index is 12.0. The Labute approximate surface area is 121 Å². The highest BCUT2D eigenvalue weighted by atomic mass is 32.1. The lowest BCUT2D eigenvalue weighted by Gasteiger charge is -2.03. The van der Waals surface area contributed by atoms with Crippen LogP contribution in [-0.4, -0.2) is 21.3 Å². The molecule has 0 aromatic carbocycles. The molecule has 0 unspecified atom stereocenters. The minimum absolute atomic E-state index is 0.0767. The highest BCUT2D eigenvalue weighted by Crippen LogP contribution is 2.15. The van der Waals surface area contributed by atoms with Crippen LogP contribution in [0.3, 0.4) is 0 Å². The second-order valence-corrected chi connectivity index (χ2v) is 5.63. The Bertz CT molecular complexity index is 643. The molecule has 0 aliphatic carbocycles. The lowest BCUT2D eigenvalue weighted by Crippen LogP contribution is -2.09. The van der Waals surface area contributed by atoms with Crippen molar-refractivity contribution in [1.29, 1.82) is 0 Å². The lowest BCUT2D eigenvalue weighted by molar-refractivity contribution is 0.0461. The lowest BCUT2D eigenvalue weighted by atomic mass is 10.2. The van der Waals surface area contributed by atoms with Crippen LogP contribution < -0.4 is 0 Å². The minimum Gasteiger partial charge on any atom is -0.454 e. The second kappa shape index (κ2) is 6.00. The smallest absolute Gasteiger partial charge is 0.355 e.